The lowest BCUT2D eigenvalue weighted by Crippen LogP contribution is -2.42. The molecule has 1 amide bonds. The maximum absolute atomic E-state index is 11.2. The molecule has 0 fully saturated rings. The van der Waals surface area contributed by atoms with Gasteiger partial charge in [-0.05, 0) is 6.42 Å². The lowest BCUT2D eigenvalue weighted by molar-refractivity contribution is -0.147. The van der Waals surface area contributed by atoms with Crippen molar-refractivity contribution in [3.63, 3.8) is 0 Å². The summed E-state index contributed by atoms with van der Waals surface area (Å²) in [6.07, 6.45) is -1.01. The first kappa shape index (κ1) is 14.9. The average molecular weight is 247 g/mol. The number of rotatable bonds is 8. The molecule has 0 spiro atoms. The van der Waals surface area contributed by atoms with Gasteiger partial charge in [-0.25, -0.2) is 4.79 Å². The Morgan fingerprint density at radius 3 is 1.94 bits per heavy atom. The van der Waals surface area contributed by atoms with Gasteiger partial charge >= 0.3 is 17.9 Å². The van der Waals surface area contributed by atoms with Crippen molar-refractivity contribution in [3.8, 4) is 0 Å². The number of hydrogen-bond donors (Lipinski definition) is 4. The van der Waals surface area contributed by atoms with E-state index < -0.39 is 36.3 Å². The van der Waals surface area contributed by atoms with Crippen molar-refractivity contribution < 1.29 is 34.5 Å². The third-order valence-electron chi connectivity index (χ3n) is 1.81. The molecule has 0 aromatic carbocycles. The van der Waals surface area contributed by atoms with Gasteiger partial charge in [0.05, 0.1) is 6.42 Å². The van der Waals surface area contributed by atoms with Gasteiger partial charge in [0, 0.05) is 12.8 Å². The summed E-state index contributed by atoms with van der Waals surface area (Å²) in [5, 5.41) is 27.3. The van der Waals surface area contributed by atoms with E-state index in [4.69, 9.17) is 15.3 Å². The van der Waals surface area contributed by atoms with Crippen LogP contribution in [-0.4, -0.2) is 45.2 Å². The monoisotopic (exact) mass is 247 g/mol. The van der Waals surface area contributed by atoms with Crippen LogP contribution in [0.25, 0.3) is 0 Å². The third-order valence-corrected chi connectivity index (χ3v) is 1.81. The molecule has 0 aliphatic rings. The van der Waals surface area contributed by atoms with E-state index in [1.165, 1.54) is 0 Å². The topological polar surface area (TPSA) is 141 Å². The van der Waals surface area contributed by atoms with Crippen molar-refractivity contribution in [1.82, 2.24) is 5.32 Å². The molecule has 0 rings (SSSR count). The Hall–Kier alpha value is -2.12. The van der Waals surface area contributed by atoms with Crippen LogP contribution in [-0.2, 0) is 19.2 Å². The van der Waals surface area contributed by atoms with Crippen LogP contribution < -0.4 is 5.32 Å². The van der Waals surface area contributed by atoms with Crippen LogP contribution in [0.5, 0.6) is 0 Å². The molecule has 0 heterocycles. The number of hydrogen-bond acceptors (Lipinski definition) is 4. The Labute approximate surface area is 96.2 Å². The van der Waals surface area contributed by atoms with Gasteiger partial charge in [-0.15, -0.1) is 0 Å². The fraction of sp³-hybridized carbons (Fsp3) is 0.556. The largest absolute Gasteiger partial charge is 0.481 e. The number of carboxylic acids is 3. The quantitative estimate of drug-likeness (QED) is 0.443. The van der Waals surface area contributed by atoms with Crippen molar-refractivity contribution in [3.05, 3.63) is 0 Å². The molecule has 0 radical (unpaired) electrons. The molecule has 0 saturated carbocycles. The number of amides is 1. The predicted octanol–water partition coefficient (Wildman–Crippen LogP) is -0.715. The first-order chi connectivity index (χ1) is 7.82. The standard InChI is InChI=1S/C9H13NO7/c11-6(2-1-3-7(12)13)10-5(9(16)17)4-8(14)15/h5H,1-4H2,(H,10,11)(H,12,13)(H,14,15)(H,16,17)/t5-/m0/s1. The minimum Gasteiger partial charge on any atom is -0.481 e. The lowest BCUT2D eigenvalue weighted by Gasteiger charge is -2.11. The zero-order valence-corrected chi connectivity index (χ0v) is 8.88. The number of carbonyl (C=O) groups excluding carboxylic acids is 1. The predicted molar refractivity (Wildman–Crippen MR) is 53.3 cm³/mol. The maximum Gasteiger partial charge on any atom is 0.326 e. The molecule has 17 heavy (non-hydrogen) atoms. The fourth-order valence-electron chi connectivity index (χ4n) is 1.04. The Morgan fingerprint density at radius 2 is 1.53 bits per heavy atom. The maximum atomic E-state index is 11.2. The smallest absolute Gasteiger partial charge is 0.326 e. The number of nitrogens with one attached hydrogen (secondary N) is 1. The Bertz CT molecular complexity index is 325. The third kappa shape index (κ3) is 7.77. The highest BCUT2D eigenvalue weighted by Crippen LogP contribution is 1.98. The molecule has 96 valence electrons. The van der Waals surface area contributed by atoms with E-state index in [1.54, 1.807) is 0 Å². The van der Waals surface area contributed by atoms with E-state index >= 15 is 0 Å². The second-order valence-corrected chi connectivity index (χ2v) is 3.30. The summed E-state index contributed by atoms with van der Waals surface area (Å²) in [7, 11) is 0. The van der Waals surface area contributed by atoms with Gasteiger partial charge in [0.15, 0.2) is 0 Å². The zero-order valence-electron chi connectivity index (χ0n) is 8.88. The summed E-state index contributed by atoms with van der Waals surface area (Å²) in [5.74, 6) is -4.53. The molecular formula is C9H13NO7. The lowest BCUT2D eigenvalue weighted by atomic mass is 10.2. The highest BCUT2D eigenvalue weighted by molar-refractivity contribution is 5.86. The molecule has 8 heteroatoms. The van der Waals surface area contributed by atoms with Gasteiger partial charge in [0.2, 0.25) is 5.91 Å². The van der Waals surface area contributed by atoms with Crippen molar-refractivity contribution in [1.29, 1.82) is 0 Å². The summed E-state index contributed by atoms with van der Waals surface area (Å²) in [4.78, 5) is 42.2. The highest BCUT2D eigenvalue weighted by Gasteiger charge is 2.22. The van der Waals surface area contributed by atoms with Crippen LogP contribution in [0.15, 0.2) is 0 Å². The van der Waals surface area contributed by atoms with Crippen molar-refractivity contribution in [2.75, 3.05) is 0 Å². The first-order valence-corrected chi connectivity index (χ1v) is 4.78. The van der Waals surface area contributed by atoms with Gasteiger partial charge in [0.25, 0.3) is 0 Å². The van der Waals surface area contributed by atoms with Crippen molar-refractivity contribution in [2.45, 2.75) is 31.7 Å². The van der Waals surface area contributed by atoms with Crippen molar-refractivity contribution >= 4 is 23.8 Å². The molecular weight excluding hydrogens is 234 g/mol. The van der Waals surface area contributed by atoms with Crippen LogP contribution in [0.3, 0.4) is 0 Å². The van der Waals surface area contributed by atoms with Gasteiger partial charge in [-0.3, -0.25) is 14.4 Å². The van der Waals surface area contributed by atoms with Gasteiger partial charge in [-0.1, -0.05) is 0 Å². The fourth-order valence-corrected chi connectivity index (χ4v) is 1.04. The Balaban J connectivity index is 4.08. The van der Waals surface area contributed by atoms with Crippen LogP contribution in [0.4, 0.5) is 0 Å². The van der Waals surface area contributed by atoms with Gasteiger partial charge < -0.3 is 20.6 Å². The normalized spacial score (nSPS) is 11.5. The molecule has 0 aromatic heterocycles. The Kier molecular flexibility index (Phi) is 6.30. The minimum atomic E-state index is -1.50. The highest BCUT2D eigenvalue weighted by atomic mass is 16.4. The average Bonchev–Trinajstić information content (AvgIpc) is 2.15. The van der Waals surface area contributed by atoms with Crippen LogP contribution in [0, 0.1) is 0 Å². The van der Waals surface area contributed by atoms with E-state index in [1.807, 2.05) is 5.32 Å². The summed E-state index contributed by atoms with van der Waals surface area (Å²) >= 11 is 0. The first-order valence-electron chi connectivity index (χ1n) is 4.78. The van der Waals surface area contributed by atoms with Crippen LogP contribution in [0.1, 0.15) is 25.7 Å². The van der Waals surface area contributed by atoms with E-state index in [0.29, 0.717) is 0 Å². The molecule has 1 atom stereocenters. The molecule has 0 unspecified atom stereocenters. The van der Waals surface area contributed by atoms with E-state index in [0.717, 1.165) is 0 Å². The Morgan fingerprint density at radius 1 is 0.941 bits per heavy atom. The van der Waals surface area contributed by atoms with Gasteiger partial charge in [0.1, 0.15) is 6.04 Å². The molecule has 0 aliphatic carbocycles. The van der Waals surface area contributed by atoms with Crippen molar-refractivity contribution in [2.24, 2.45) is 0 Å². The van der Waals surface area contributed by atoms with E-state index in [-0.39, 0.29) is 19.3 Å². The molecule has 0 aliphatic heterocycles. The minimum absolute atomic E-state index is 0.0700. The SMILES string of the molecule is O=C(O)CCCC(=O)N[C@@H](CC(=O)O)C(=O)O. The van der Waals surface area contributed by atoms with E-state index in [9.17, 15) is 19.2 Å². The van der Waals surface area contributed by atoms with E-state index in [2.05, 4.69) is 0 Å². The number of carbonyl (C=O) groups is 4. The molecule has 8 nitrogen and oxygen atoms in total. The molecule has 0 saturated heterocycles. The second kappa shape index (κ2) is 7.20. The molecule has 0 aromatic rings. The van der Waals surface area contributed by atoms with Crippen LogP contribution >= 0.6 is 0 Å². The molecule has 0 bridgehead atoms. The number of carboxylic acid groups (broad SMARTS) is 3. The summed E-state index contributed by atoms with van der Waals surface area (Å²) in [6.45, 7) is 0. The summed E-state index contributed by atoms with van der Waals surface area (Å²) in [6, 6.07) is -1.50. The second-order valence-electron chi connectivity index (χ2n) is 3.30. The van der Waals surface area contributed by atoms with Crippen LogP contribution in [0.2, 0.25) is 0 Å². The summed E-state index contributed by atoms with van der Waals surface area (Å²) < 4.78 is 0. The van der Waals surface area contributed by atoms with Gasteiger partial charge in [-0.2, -0.15) is 0 Å². The summed E-state index contributed by atoms with van der Waals surface area (Å²) in [5.41, 5.74) is 0. The number of aliphatic carboxylic acids is 3. The molecule has 4 N–H and O–H groups in total. The zero-order chi connectivity index (χ0) is 13.4.